The minimum atomic E-state index is -0.744. The van der Waals surface area contributed by atoms with Gasteiger partial charge in [0.05, 0.1) is 18.1 Å². The number of halogens is 3. The van der Waals surface area contributed by atoms with Crippen LogP contribution in [0.1, 0.15) is 18.5 Å². The molecule has 5 aromatic rings. The van der Waals surface area contributed by atoms with E-state index in [1.807, 2.05) is 6.92 Å². The van der Waals surface area contributed by atoms with E-state index in [1.165, 1.54) is 30.9 Å². The molecule has 5 rings (SSSR count). The third-order valence-corrected chi connectivity index (χ3v) is 5.00. The van der Waals surface area contributed by atoms with Gasteiger partial charge in [-0.25, -0.2) is 33.1 Å². The number of aromatic nitrogens is 5. The normalized spacial score (nSPS) is 12.4. The van der Waals surface area contributed by atoms with Gasteiger partial charge in [-0.1, -0.05) is 12.1 Å². The number of H-pyrrole nitrogens is 1. The number of hydrogen-bond acceptors (Lipinski definition) is 5. The molecular formula is C22H15F3N6. The maximum Gasteiger partial charge on any atom is 0.162 e. The molecular weight excluding hydrogens is 405 g/mol. The zero-order valence-corrected chi connectivity index (χ0v) is 16.2. The minimum Gasteiger partial charge on any atom is -0.362 e. The Morgan fingerprint density at radius 3 is 2.55 bits per heavy atom. The van der Waals surface area contributed by atoms with Crippen LogP contribution in [0.15, 0.2) is 55.1 Å². The summed E-state index contributed by atoms with van der Waals surface area (Å²) in [5, 5.41) is 3.82. The Balaban J connectivity index is 1.68. The molecule has 9 heteroatoms. The van der Waals surface area contributed by atoms with E-state index in [4.69, 9.17) is 0 Å². The van der Waals surface area contributed by atoms with Crippen molar-refractivity contribution in [2.45, 2.75) is 13.0 Å². The van der Waals surface area contributed by atoms with Gasteiger partial charge in [0.2, 0.25) is 0 Å². The molecule has 0 aliphatic heterocycles. The average molecular weight is 420 g/mol. The highest BCUT2D eigenvalue weighted by atomic mass is 19.1. The zero-order chi connectivity index (χ0) is 21.5. The molecule has 0 saturated heterocycles. The third-order valence-electron chi connectivity index (χ3n) is 5.00. The van der Waals surface area contributed by atoms with Gasteiger partial charge >= 0.3 is 0 Å². The molecule has 1 atom stereocenters. The Kier molecular flexibility index (Phi) is 4.50. The summed E-state index contributed by atoms with van der Waals surface area (Å²) in [5.41, 5.74) is 2.32. The lowest BCUT2D eigenvalue weighted by atomic mass is 9.98. The Morgan fingerprint density at radius 1 is 0.935 bits per heavy atom. The second-order valence-corrected chi connectivity index (χ2v) is 7.08. The molecule has 6 nitrogen and oxygen atoms in total. The lowest BCUT2D eigenvalue weighted by Gasteiger charge is -2.19. The fraction of sp³-hybridized carbons (Fsp3) is 0.0909. The van der Waals surface area contributed by atoms with Crippen LogP contribution in [0, 0.1) is 17.5 Å². The lowest BCUT2D eigenvalue weighted by molar-refractivity contribution is 0.584. The molecule has 0 bridgehead atoms. The number of anilines is 1. The standard InChI is InChI=1S/C22H15F3N6/c1-11(30-22-20-21(27-9-26-20)28-10-29-22)16-7-12-3-2-4-17(25)19(12)31-18(16)13-5-14(23)8-15(24)6-13/h2-11H,1H3,(H2,26,27,28,29,30). The number of benzene rings is 2. The van der Waals surface area contributed by atoms with Crippen LogP contribution in [0.25, 0.3) is 33.3 Å². The first-order valence-corrected chi connectivity index (χ1v) is 9.46. The molecule has 1 unspecified atom stereocenters. The van der Waals surface area contributed by atoms with Crippen molar-refractivity contribution in [1.29, 1.82) is 0 Å². The summed E-state index contributed by atoms with van der Waals surface area (Å²) >= 11 is 0. The van der Waals surface area contributed by atoms with Gasteiger partial charge in [0.25, 0.3) is 0 Å². The van der Waals surface area contributed by atoms with Crippen molar-refractivity contribution in [2.24, 2.45) is 0 Å². The van der Waals surface area contributed by atoms with Crippen molar-refractivity contribution in [1.82, 2.24) is 24.9 Å². The molecule has 0 fully saturated rings. The summed E-state index contributed by atoms with van der Waals surface area (Å²) in [7, 11) is 0. The smallest absolute Gasteiger partial charge is 0.162 e. The molecule has 154 valence electrons. The van der Waals surface area contributed by atoms with Crippen molar-refractivity contribution < 1.29 is 13.2 Å². The van der Waals surface area contributed by atoms with Crippen LogP contribution in [0.3, 0.4) is 0 Å². The van der Waals surface area contributed by atoms with E-state index in [0.29, 0.717) is 27.9 Å². The van der Waals surface area contributed by atoms with E-state index in [1.54, 1.807) is 18.2 Å². The molecule has 31 heavy (non-hydrogen) atoms. The van der Waals surface area contributed by atoms with Gasteiger partial charge in [-0.15, -0.1) is 0 Å². The van der Waals surface area contributed by atoms with Gasteiger partial charge in [-0.2, -0.15) is 0 Å². The molecule has 0 aliphatic carbocycles. The topological polar surface area (TPSA) is 79.4 Å². The Bertz CT molecular complexity index is 1410. The van der Waals surface area contributed by atoms with Crippen molar-refractivity contribution in [2.75, 3.05) is 5.32 Å². The summed E-state index contributed by atoms with van der Waals surface area (Å²) in [5.74, 6) is -1.52. The van der Waals surface area contributed by atoms with Gasteiger partial charge in [0.15, 0.2) is 11.5 Å². The predicted molar refractivity (Wildman–Crippen MR) is 111 cm³/mol. The molecule has 0 amide bonds. The van der Waals surface area contributed by atoms with Crippen LogP contribution in [0.2, 0.25) is 0 Å². The fourth-order valence-corrected chi connectivity index (χ4v) is 3.58. The van der Waals surface area contributed by atoms with Crippen LogP contribution in [0.4, 0.5) is 19.0 Å². The molecule has 3 heterocycles. The van der Waals surface area contributed by atoms with Gasteiger partial charge in [-0.3, -0.25) is 0 Å². The fourth-order valence-electron chi connectivity index (χ4n) is 3.58. The molecule has 0 saturated carbocycles. The van der Waals surface area contributed by atoms with E-state index in [0.717, 1.165) is 6.07 Å². The van der Waals surface area contributed by atoms with Gasteiger partial charge in [-0.05, 0) is 31.2 Å². The Labute approximate surface area is 174 Å². The predicted octanol–water partition coefficient (Wildman–Crippen LogP) is 5.16. The van der Waals surface area contributed by atoms with Crippen molar-refractivity contribution >= 4 is 27.9 Å². The molecule has 3 aromatic heterocycles. The number of para-hydroxylation sites is 1. The molecule has 0 radical (unpaired) electrons. The van der Waals surface area contributed by atoms with E-state index in [-0.39, 0.29) is 16.8 Å². The maximum atomic E-state index is 14.4. The highest BCUT2D eigenvalue weighted by Gasteiger charge is 2.19. The van der Waals surface area contributed by atoms with Gasteiger partial charge in [0.1, 0.15) is 34.8 Å². The summed E-state index contributed by atoms with van der Waals surface area (Å²) in [4.78, 5) is 19.9. The van der Waals surface area contributed by atoms with E-state index >= 15 is 0 Å². The van der Waals surface area contributed by atoms with Gasteiger partial charge < -0.3 is 10.3 Å². The van der Waals surface area contributed by atoms with Crippen molar-refractivity contribution in [3.05, 3.63) is 78.1 Å². The number of pyridine rings is 1. The largest absolute Gasteiger partial charge is 0.362 e. The zero-order valence-electron chi connectivity index (χ0n) is 16.2. The van der Waals surface area contributed by atoms with Crippen LogP contribution < -0.4 is 5.32 Å². The third kappa shape index (κ3) is 3.43. The minimum absolute atomic E-state index is 0.120. The summed E-state index contributed by atoms with van der Waals surface area (Å²) < 4.78 is 42.3. The number of aromatic amines is 1. The molecule has 0 aliphatic rings. The summed E-state index contributed by atoms with van der Waals surface area (Å²) in [6.07, 6.45) is 2.91. The maximum absolute atomic E-state index is 14.4. The van der Waals surface area contributed by atoms with Crippen LogP contribution >= 0.6 is 0 Å². The quantitative estimate of drug-likeness (QED) is 0.420. The summed E-state index contributed by atoms with van der Waals surface area (Å²) in [6.45, 7) is 1.85. The second kappa shape index (κ2) is 7.35. The average Bonchev–Trinajstić information content (AvgIpc) is 3.22. The number of fused-ring (bicyclic) bond motifs is 2. The molecule has 0 spiro atoms. The first kappa shape index (κ1) is 19.0. The first-order chi connectivity index (χ1) is 15.0. The monoisotopic (exact) mass is 420 g/mol. The van der Waals surface area contributed by atoms with E-state index < -0.39 is 23.5 Å². The number of nitrogens with one attached hydrogen (secondary N) is 2. The van der Waals surface area contributed by atoms with Gasteiger partial charge in [0, 0.05) is 22.6 Å². The highest BCUT2D eigenvalue weighted by Crippen LogP contribution is 2.33. The van der Waals surface area contributed by atoms with Crippen molar-refractivity contribution in [3.63, 3.8) is 0 Å². The highest BCUT2D eigenvalue weighted by molar-refractivity contribution is 5.85. The van der Waals surface area contributed by atoms with E-state index in [2.05, 4.69) is 30.2 Å². The second-order valence-electron chi connectivity index (χ2n) is 7.08. The molecule has 2 aromatic carbocycles. The Morgan fingerprint density at radius 2 is 1.74 bits per heavy atom. The Hall–Kier alpha value is -4.01. The number of hydrogen-bond donors (Lipinski definition) is 2. The van der Waals surface area contributed by atoms with E-state index in [9.17, 15) is 13.2 Å². The van der Waals surface area contributed by atoms with Crippen LogP contribution in [-0.4, -0.2) is 24.9 Å². The van der Waals surface area contributed by atoms with Crippen molar-refractivity contribution in [3.8, 4) is 11.3 Å². The SMILES string of the molecule is CC(Nc1ncnc2[nH]cnc12)c1cc2cccc(F)c2nc1-c1cc(F)cc(F)c1. The number of imidazole rings is 1. The first-order valence-electron chi connectivity index (χ1n) is 9.46. The summed E-state index contributed by atoms with van der Waals surface area (Å²) in [6, 6.07) is 9.08. The van der Waals surface area contributed by atoms with Crippen LogP contribution in [0.5, 0.6) is 0 Å². The molecule has 2 N–H and O–H groups in total. The number of nitrogens with zero attached hydrogens (tertiary/aromatic N) is 4. The van der Waals surface area contributed by atoms with Crippen LogP contribution in [-0.2, 0) is 0 Å². The number of rotatable bonds is 4. The lowest BCUT2D eigenvalue weighted by Crippen LogP contribution is -2.11.